The van der Waals surface area contributed by atoms with Gasteiger partial charge in [0.25, 0.3) is 0 Å². The second-order valence-corrected chi connectivity index (χ2v) is 27.7. The summed E-state index contributed by atoms with van der Waals surface area (Å²) >= 11 is 0. The summed E-state index contributed by atoms with van der Waals surface area (Å²) in [7, 11) is 8.30. The predicted octanol–water partition coefficient (Wildman–Crippen LogP) is 20.1. The average Bonchev–Trinajstić information content (AvgIpc) is 1.54. The summed E-state index contributed by atoms with van der Waals surface area (Å²) in [6.45, 7) is 6.24. The van der Waals surface area contributed by atoms with Gasteiger partial charge in [0.1, 0.15) is 0 Å². The van der Waals surface area contributed by atoms with Gasteiger partial charge in [0.15, 0.2) is 0 Å². The van der Waals surface area contributed by atoms with Gasteiger partial charge < -0.3 is 81.5 Å². The third-order valence-corrected chi connectivity index (χ3v) is 21.1. The third kappa shape index (κ3) is 13.3. The number of fused-ring (bicyclic) bond motifs is 28. The van der Waals surface area contributed by atoms with Crippen LogP contribution in [-0.2, 0) is 67.4 Å². The van der Waals surface area contributed by atoms with Gasteiger partial charge in [-0.3, -0.25) is 4.99 Å². The maximum absolute atomic E-state index is 4.80. The molecule has 15 heterocycles. The second kappa shape index (κ2) is 32.1. The van der Waals surface area contributed by atoms with Gasteiger partial charge in [-0.1, -0.05) is 134 Å². The average molecular weight is 2040 g/mol. The van der Waals surface area contributed by atoms with Crippen LogP contribution in [0.3, 0.4) is 0 Å². The molecule has 0 spiro atoms. The van der Waals surface area contributed by atoms with Crippen molar-refractivity contribution in [2.45, 2.75) is 5.92 Å². The zero-order valence-corrected chi connectivity index (χ0v) is 70.0. The van der Waals surface area contributed by atoms with E-state index < -0.39 is 0 Å². The van der Waals surface area contributed by atoms with Crippen molar-refractivity contribution in [2.24, 2.45) is 12.0 Å². The zero-order valence-electron chi connectivity index (χ0n) is 62.8. The molecule has 25 rings (SSSR count). The minimum Gasteiger partial charge on any atom is -0.504 e. The Bertz CT molecular complexity index is 6910. The van der Waals surface area contributed by atoms with E-state index in [1.807, 2.05) is 98.3 Å². The molecule has 0 fully saturated rings. The molecule has 11 aromatic heterocycles. The van der Waals surface area contributed by atoms with Crippen molar-refractivity contribution in [2.75, 3.05) is 50.5 Å². The molecule has 0 radical (unpaired) electrons. The maximum atomic E-state index is 4.80. The molecule has 116 heavy (non-hydrogen) atoms. The smallest absolute Gasteiger partial charge is 0.504 e. The molecule has 9 aromatic carbocycles. The van der Waals surface area contributed by atoms with E-state index >= 15 is 0 Å². The molecule has 20 aromatic rings. The van der Waals surface area contributed by atoms with Gasteiger partial charge in [-0.2, -0.15) is 111 Å². The van der Waals surface area contributed by atoms with Crippen molar-refractivity contribution in [3.05, 3.63) is 373 Å². The van der Waals surface area contributed by atoms with Crippen LogP contribution in [0.15, 0.2) is 315 Å². The van der Waals surface area contributed by atoms with Crippen LogP contribution in [0.2, 0.25) is 0 Å². The number of anilines is 9. The molecule has 0 N–H and O–H groups in total. The number of aryl methyl sites for hydroxylation is 1. The van der Waals surface area contributed by atoms with Crippen molar-refractivity contribution < 1.29 is 60.3 Å². The summed E-state index contributed by atoms with van der Waals surface area (Å²) < 4.78 is 10.2. The number of pyridine rings is 5. The first-order valence-corrected chi connectivity index (χ1v) is 37.1. The van der Waals surface area contributed by atoms with Crippen LogP contribution in [0.5, 0.6) is 0 Å². The van der Waals surface area contributed by atoms with Crippen molar-refractivity contribution in [1.29, 1.82) is 0 Å². The molecule has 0 amide bonds. The van der Waals surface area contributed by atoms with E-state index in [9.17, 15) is 0 Å². The van der Waals surface area contributed by atoms with Gasteiger partial charge in [0.2, 0.25) is 0 Å². The first-order valence-electron chi connectivity index (χ1n) is 37.1. The van der Waals surface area contributed by atoms with E-state index in [0.717, 1.165) is 95.1 Å². The van der Waals surface area contributed by atoms with Crippen LogP contribution >= 0.6 is 0 Å². The minimum absolute atomic E-state index is 0. The second-order valence-electron chi connectivity index (χ2n) is 27.7. The number of aromatic nitrogens is 11. The zero-order chi connectivity index (χ0) is 75.6. The van der Waals surface area contributed by atoms with Crippen LogP contribution in [0.1, 0.15) is 11.5 Å². The summed E-state index contributed by atoms with van der Waals surface area (Å²) in [5, 5.41) is 9.38. The Kier molecular flexibility index (Phi) is 21.0. The van der Waals surface area contributed by atoms with Crippen LogP contribution < -0.4 is 29.4 Å². The molecule has 564 valence electrons. The molecule has 0 saturated heterocycles. The summed E-state index contributed by atoms with van der Waals surface area (Å²) in [6, 6.07) is 92.3. The number of rotatable bonds is 3. The Morgan fingerprint density at radius 1 is 0.353 bits per heavy atom. The van der Waals surface area contributed by atoms with E-state index in [-0.39, 0.29) is 66.2 Å². The van der Waals surface area contributed by atoms with E-state index in [2.05, 4.69) is 348 Å². The normalized spacial score (nSPS) is 13.9. The molecule has 0 bridgehead atoms. The van der Waals surface area contributed by atoms with Crippen molar-refractivity contribution >= 4 is 162 Å². The molecule has 5 aliphatic rings. The van der Waals surface area contributed by atoms with Gasteiger partial charge in [-0.05, 0) is 156 Å². The summed E-state index contributed by atoms with van der Waals surface area (Å²) in [6.07, 6.45) is 30.4. The van der Waals surface area contributed by atoms with Crippen molar-refractivity contribution in [3.8, 4) is 0 Å². The SMILES string of the molecule is CN1[CH-]N(c2[c-]cccc2)c2ccccc21.CN1[CH-]N(c2[c-]cccc2)c2ccccc21.CN1[CH-]N(c2[c-]cccc2)c2ccccc21.Cn1c2ccccc2c2cc3c(cc21)c1cccnc1n1[c-]cnc31.[Ir+3].[Ir+3].[Ir+3].[c-]1cnc2c3c(c4cccnc4n12)N=C1C=CC=CC13.[c-]1cnc2c3c4ccccc4cn3c3cccnc3n12. The summed E-state index contributed by atoms with van der Waals surface area (Å²) in [5.74, 6) is 0.193. The van der Waals surface area contributed by atoms with E-state index in [4.69, 9.17) is 4.99 Å². The van der Waals surface area contributed by atoms with Gasteiger partial charge in [-0.25, -0.2) is 0 Å². The fourth-order valence-corrected chi connectivity index (χ4v) is 16.0. The van der Waals surface area contributed by atoms with Crippen LogP contribution in [0, 0.1) is 56.8 Å². The number of aliphatic imine (C=N–C) groups is 1. The molecular weight excluding hydrogens is 1970 g/mol. The Morgan fingerprint density at radius 2 is 0.802 bits per heavy atom. The Balaban J connectivity index is 0.000000100. The van der Waals surface area contributed by atoms with Crippen LogP contribution in [0.25, 0.3) is 99.0 Å². The van der Waals surface area contributed by atoms with Gasteiger partial charge in [0.05, 0.1) is 22.7 Å². The van der Waals surface area contributed by atoms with E-state index in [1.165, 1.54) is 72.1 Å². The quantitative estimate of drug-likeness (QED) is 0.123. The molecule has 1 atom stereocenters. The molecule has 21 heteroatoms. The van der Waals surface area contributed by atoms with E-state index in [1.54, 1.807) is 31.0 Å². The van der Waals surface area contributed by atoms with E-state index in [0.29, 0.717) is 0 Å². The molecule has 1 unspecified atom stereocenters. The van der Waals surface area contributed by atoms with Gasteiger partial charge >= 0.3 is 60.3 Å². The fourth-order valence-electron chi connectivity index (χ4n) is 16.0. The van der Waals surface area contributed by atoms with Crippen LogP contribution in [-0.4, -0.2) is 78.9 Å². The standard InChI is InChI=1S/C21H13N4.2C16H9N4.3C14H12N2.3Ir/c1-24-18-7-3-2-5-13(18)16-11-17-15(12-19(16)24)14-6-4-8-22-20(14)25-10-9-23-21(17)25;1-2-6-12-10(4-1)13-14(19-12)11-5-3-7-17-15(11)20-9-8-18-16(13)20;1-2-5-12-11(4-1)10-20-13-6-3-7-17-15(13)19-9-8-18-16(19)14(12)20;3*1-15-11-16(12-7-3-2-4-8-12)14-10-6-5-9-13(14)15;;;/h2-9,11-12H,1H3;2*1-8,10H;3*2-7,9-11H,1H3;;;/q3*-1;3*-2;3*+3. The molecule has 0 saturated carbocycles. The number of nitrogens with zero attached hydrogens (tertiary/aromatic N) is 18. The number of hydrogen-bond acceptors (Lipinski definition) is 13. The molecular formula is C95H67Ir3N18. The Labute approximate surface area is 709 Å². The number of benzene rings is 9. The number of imidazole rings is 3. The van der Waals surface area contributed by atoms with Crippen LogP contribution in [0.4, 0.5) is 56.9 Å². The number of hydrogen-bond donors (Lipinski definition) is 0. The topological polar surface area (TPSA) is 132 Å². The van der Waals surface area contributed by atoms with Crippen molar-refractivity contribution in [1.82, 2.24) is 52.1 Å². The van der Waals surface area contributed by atoms with Gasteiger partial charge in [0, 0.05) is 127 Å². The minimum atomic E-state index is 0. The molecule has 1 aliphatic carbocycles. The van der Waals surface area contributed by atoms with Crippen molar-refractivity contribution in [3.63, 3.8) is 0 Å². The largest absolute Gasteiger partial charge is 3.00 e. The summed E-state index contributed by atoms with van der Waals surface area (Å²) in [5.41, 5.74) is 23.6. The Morgan fingerprint density at radius 3 is 1.38 bits per heavy atom. The first kappa shape index (κ1) is 75.7. The van der Waals surface area contributed by atoms with Gasteiger partial charge in [-0.15, -0.1) is 17.1 Å². The summed E-state index contributed by atoms with van der Waals surface area (Å²) in [4.78, 5) is 44.6. The Hall–Kier alpha value is -13.0. The first-order chi connectivity index (χ1) is 55.8. The molecule has 18 nitrogen and oxygen atoms in total. The molecule has 4 aliphatic heterocycles. The third-order valence-electron chi connectivity index (χ3n) is 21.1. The number of para-hydroxylation sites is 10. The monoisotopic (exact) mass is 2040 g/mol. The predicted molar refractivity (Wildman–Crippen MR) is 456 cm³/mol. The maximum Gasteiger partial charge on any atom is 3.00 e. The number of allylic oxidation sites excluding steroid dienone is 4. The fraction of sp³-hybridized carbons (Fsp3) is 0.0526.